The summed E-state index contributed by atoms with van der Waals surface area (Å²) in [6, 6.07) is 8.53. The predicted molar refractivity (Wildman–Crippen MR) is 93.9 cm³/mol. The minimum absolute atomic E-state index is 0.0897. The molecule has 0 spiro atoms. The second-order valence-electron chi connectivity index (χ2n) is 6.34. The van der Waals surface area contributed by atoms with Gasteiger partial charge < -0.3 is 5.11 Å². The van der Waals surface area contributed by atoms with Crippen molar-refractivity contribution in [1.29, 1.82) is 0 Å². The van der Waals surface area contributed by atoms with Gasteiger partial charge in [-0.15, -0.1) is 11.3 Å². The van der Waals surface area contributed by atoms with Crippen molar-refractivity contribution in [1.82, 2.24) is 0 Å². The second-order valence-corrected chi connectivity index (χ2v) is 7.43. The Bertz CT molecular complexity index is 683. The van der Waals surface area contributed by atoms with E-state index in [1.807, 2.05) is 6.07 Å². The molecular formula is C19H22O3S. The van der Waals surface area contributed by atoms with Crippen molar-refractivity contribution in [2.45, 2.75) is 46.0 Å². The molecule has 1 N–H and O–H groups in total. The molecule has 0 aliphatic carbocycles. The topological polar surface area (TPSA) is 54.4 Å². The van der Waals surface area contributed by atoms with Crippen molar-refractivity contribution in [2.75, 3.05) is 0 Å². The van der Waals surface area contributed by atoms with E-state index >= 15 is 0 Å². The zero-order valence-corrected chi connectivity index (χ0v) is 14.7. The average Bonchev–Trinajstić information content (AvgIpc) is 2.93. The fraction of sp³-hybridized carbons (Fsp3) is 0.368. The summed E-state index contributed by atoms with van der Waals surface area (Å²) in [7, 11) is 0. The van der Waals surface area contributed by atoms with Crippen LogP contribution in [0.3, 0.4) is 0 Å². The molecule has 0 saturated heterocycles. The van der Waals surface area contributed by atoms with Gasteiger partial charge in [-0.25, -0.2) is 4.79 Å². The molecule has 3 nitrogen and oxygen atoms in total. The molecule has 0 atom stereocenters. The quantitative estimate of drug-likeness (QED) is 0.748. The Morgan fingerprint density at radius 3 is 2.09 bits per heavy atom. The van der Waals surface area contributed by atoms with Crippen LogP contribution in [0.5, 0.6) is 0 Å². The van der Waals surface area contributed by atoms with E-state index in [0.29, 0.717) is 18.3 Å². The summed E-state index contributed by atoms with van der Waals surface area (Å²) in [6.07, 6.45) is 0.301. The molecule has 0 saturated carbocycles. The lowest BCUT2D eigenvalue weighted by Crippen LogP contribution is -2.02. The predicted octanol–water partition coefficient (Wildman–Crippen LogP) is 5.12. The first-order valence-corrected chi connectivity index (χ1v) is 8.60. The molecule has 23 heavy (non-hydrogen) atoms. The summed E-state index contributed by atoms with van der Waals surface area (Å²) in [4.78, 5) is 25.5. The van der Waals surface area contributed by atoms with Gasteiger partial charge in [0.05, 0.1) is 10.4 Å². The first-order chi connectivity index (χ1) is 10.8. The van der Waals surface area contributed by atoms with Crippen LogP contribution in [0.4, 0.5) is 0 Å². The molecular weight excluding hydrogens is 308 g/mol. The Kier molecular flexibility index (Phi) is 5.37. The zero-order chi connectivity index (χ0) is 17.1. The van der Waals surface area contributed by atoms with Crippen LogP contribution >= 0.6 is 11.3 Å². The van der Waals surface area contributed by atoms with Gasteiger partial charge in [-0.1, -0.05) is 39.8 Å². The molecule has 2 aromatic rings. The first kappa shape index (κ1) is 17.4. The smallest absolute Gasteiger partial charge is 0.335 e. The molecule has 0 fully saturated rings. The lowest BCUT2D eigenvalue weighted by atomic mass is 9.98. The van der Waals surface area contributed by atoms with Crippen molar-refractivity contribution < 1.29 is 14.7 Å². The third-order valence-electron chi connectivity index (χ3n) is 3.78. The Labute approximate surface area is 141 Å². The van der Waals surface area contributed by atoms with Crippen molar-refractivity contribution in [2.24, 2.45) is 0 Å². The Balaban J connectivity index is 2.20. The number of ketones is 1. The molecule has 122 valence electrons. The van der Waals surface area contributed by atoms with Crippen LogP contribution in [0.15, 0.2) is 30.3 Å². The van der Waals surface area contributed by atoms with Gasteiger partial charge in [0.2, 0.25) is 0 Å². The molecule has 1 aromatic carbocycles. The summed E-state index contributed by atoms with van der Waals surface area (Å²) in [5.41, 5.74) is 2.33. The summed E-state index contributed by atoms with van der Waals surface area (Å²) in [5.74, 6) is -0.0509. The summed E-state index contributed by atoms with van der Waals surface area (Å²) in [5, 5.41) is 8.91. The molecule has 4 heteroatoms. The Morgan fingerprint density at radius 2 is 1.65 bits per heavy atom. The van der Waals surface area contributed by atoms with E-state index in [1.165, 1.54) is 10.4 Å². The SMILES string of the molecule is CC(C)c1cc(C(=O)Cc2ccc(C(=O)O)cc2)sc1C(C)C. The number of carbonyl (C=O) groups excluding carboxylic acids is 1. The van der Waals surface area contributed by atoms with Crippen LogP contribution in [0.25, 0.3) is 0 Å². The number of hydrogen-bond donors (Lipinski definition) is 1. The number of carbonyl (C=O) groups is 2. The fourth-order valence-electron chi connectivity index (χ4n) is 2.50. The van der Waals surface area contributed by atoms with Crippen LogP contribution in [-0.2, 0) is 6.42 Å². The van der Waals surface area contributed by atoms with E-state index in [9.17, 15) is 9.59 Å². The average molecular weight is 330 g/mol. The molecule has 0 radical (unpaired) electrons. The summed E-state index contributed by atoms with van der Waals surface area (Å²) < 4.78 is 0. The number of hydrogen-bond acceptors (Lipinski definition) is 3. The molecule has 0 aliphatic rings. The number of carboxylic acids is 1. The van der Waals surface area contributed by atoms with E-state index in [-0.39, 0.29) is 11.3 Å². The third kappa shape index (κ3) is 4.08. The molecule has 0 bridgehead atoms. The molecule has 0 amide bonds. The number of Topliss-reactive ketones (excluding diaryl/α,β-unsaturated/α-hetero) is 1. The summed E-state index contributed by atoms with van der Waals surface area (Å²) >= 11 is 1.59. The Morgan fingerprint density at radius 1 is 1.04 bits per heavy atom. The van der Waals surface area contributed by atoms with Crippen LogP contribution in [0, 0.1) is 0 Å². The molecule has 2 rings (SSSR count). The third-order valence-corrected chi connectivity index (χ3v) is 5.27. The van der Waals surface area contributed by atoms with E-state index in [4.69, 9.17) is 5.11 Å². The van der Waals surface area contributed by atoms with Crippen molar-refractivity contribution in [3.63, 3.8) is 0 Å². The number of aromatic carboxylic acids is 1. The van der Waals surface area contributed by atoms with E-state index in [1.54, 1.807) is 35.6 Å². The van der Waals surface area contributed by atoms with E-state index in [2.05, 4.69) is 27.7 Å². The normalized spacial score (nSPS) is 11.2. The lowest BCUT2D eigenvalue weighted by Gasteiger charge is -2.08. The van der Waals surface area contributed by atoms with Gasteiger partial charge >= 0.3 is 5.97 Å². The van der Waals surface area contributed by atoms with Crippen LogP contribution < -0.4 is 0 Å². The van der Waals surface area contributed by atoms with Crippen molar-refractivity contribution in [3.05, 3.63) is 56.8 Å². The maximum atomic E-state index is 12.5. The zero-order valence-electron chi connectivity index (χ0n) is 13.9. The molecule has 1 heterocycles. The maximum Gasteiger partial charge on any atom is 0.335 e. The standard InChI is InChI=1S/C19H22O3S/c1-11(2)15-10-17(23-18(15)12(3)4)16(20)9-13-5-7-14(8-6-13)19(21)22/h5-8,10-12H,9H2,1-4H3,(H,21,22). The van der Waals surface area contributed by atoms with Gasteiger partial charge in [-0.2, -0.15) is 0 Å². The summed E-state index contributed by atoms with van der Waals surface area (Å²) in [6.45, 7) is 8.59. The van der Waals surface area contributed by atoms with Gasteiger partial charge in [-0.3, -0.25) is 4.79 Å². The lowest BCUT2D eigenvalue weighted by molar-refractivity contribution is 0.0696. The van der Waals surface area contributed by atoms with Crippen molar-refractivity contribution in [3.8, 4) is 0 Å². The largest absolute Gasteiger partial charge is 0.478 e. The van der Waals surface area contributed by atoms with Gasteiger partial charge in [0.15, 0.2) is 5.78 Å². The van der Waals surface area contributed by atoms with Gasteiger partial charge in [-0.05, 0) is 41.2 Å². The highest BCUT2D eigenvalue weighted by molar-refractivity contribution is 7.14. The highest BCUT2D eigenvalue weighted by Crippen LogP contribution is 2.34. The molecule has 0 aliphatic heterocycles. The Hall–Kier alpha value is -1.94. The highest BCUT2D eigenvalue weighted by atomic mass is 32.1. The number of carboxylic acid groups (broad SMARTS) is 1. The van der Waals surface area contributed by atoms with Gasteiger partial charge in [0.1, 0.15) is 0 Å². The minimum Gasteiger partial charge on any atom is -0.478 e. The van der Waals surface area contributed by atoms with Crippen LogP contribution in [-0.4, -0.2) is 16.9 Å². The first-order valence-electron chi connectivity index (χ1n) is 7.78. The van der Waals surface area contributed by atoms with Gasteiger partial charge in [0, 0.05) is 11.3 Å². The highest BCUT2D eigenvalue weighted by Gasteiger charge is 2.18. The number of thiophene rings is 1. The second kappa shape index (κ2) is 7.09. The van der Waals surface area contributed by atoms with Crippen molar-refractivity contribution >= 4 is 23.1 Å². The van der Waals surface area contributed by atoms with Crippen LogP contribution in [0.1, 0.15) is 75.6 Å². The van der Waals surface area contributed by atoms with Gasteiger partial charge in [0.25, 0.3) is 0 Å². The minimum atomic E-state index is -0.954. The van der Waals surface area contributed by atoms with E-state index in [0.717, 1.165) is 10.4 Å². The number of benzene rings is 1. The maximum absolute atomic E-state index is 12.5. The van der Waals surface area contributed by atoms with Crippen LogP contribution in [0.2, 0.25) is 0 Å². The molecule has 1 aromatic heterocycles. The monoisotopic (exact) mass is 330 g/mol. The van der Waals surface area contributed by atoms with E-state index < -0.39 is 5.97 Å². The fourth-order valence-corrected chi connectivity index (χ4v) is 3.75. The number of rotatable bonds is 6. The molecule has 0 unspecified atom stereocenters.